The van der Waals surface area contributed by atoms with Gasteiger partial charge < -0.3 is 14.9 Å². The molecule has 3 nitrogen and oxygen atoms in total. The molecule has 1 aliphatic rings. The number of benzene rings is 2. The van der Waals surface area contributed by atoms with Gasteiger partial charge in [-0.05, 0) is 17.5 Å². The first-order valence-electron chi connectivity index (χ1n) is 7.84. The molecule has 1 aliphatic heterocycles. The van der Waals surface area contributed by atoms with Crippen molar-refractivity contribution in [3.63, 3.8) is 0 Å². The summed E-state index contributed by atoms with van der Waals surface area (Å²) in [6.07, 6.45) is 0.515. The molecule has 0 aromatic heterocycles. The van der Waals surface area contributed by atoms with E-state index in [0.717, 1.165) is 11.1 Å². The van der Waals surface area contributed by atoms with Crippen LogP contribution < -0.4 is 0 Å². The van der Waals surface area contributed by atoms with E-state index in [4.69, 9.17) is 4.74 Å². The lowest BCUT2D eigenvalue weighted by Gasteiger charge is -2.34. The highest BCUT2D eigenvalue weighted by Gasteiger charge is 2.30. The van der Waals surface area contributed by atoms with Crippen molar-refractivity contribution < 1.29 is 14.9 Å². The average molecular weight is 298 g/mol. The van der Waals surface area contributed by atoms with Gasteiger partial charge in [-0.25, -0.2) is 0 Å². The van der Waals surface area contributed by atoms with Crippen molar-refractivity contribution in [2.75, 3.05) is 0 Å². The monoisotopic (exact) mass is 298 g/mol. The summed E-state index contributed by atoms with van der Waals surface area (Å²) in [5.41, 5.74) is 1.97. The first kappa shape index (κ1) is 15.2. The molecule has 1 heterocycles. The Bertz CT molecular complexity index is 568. The molecule has 0 spiro atoms. The van der Waals surface area contributed by atoms with Gasteiger partial charge in [-0.3, -0.25) is 0 Å². The Labute approximate surface area is 131 Å². The third kappa shape index (κ3) is 3.74. The second kappa shape index (κ2) is 7.05. The van der Waals surface area contributed by atoms with Gasteiger partial charge in [0, 0.05) is 12.8 Å². The van der Waals surface area contributed by atoms with Gasteiger partial charge >= 0.3 is 0 Å². The Hall–Kier alpha value is -1.68. The second-order valence-corrected chi connectivity index (χ2v) is 5.94. The van der Waals surface area contributed by atoms with Crippen molar-refractivity contribution in [3.05, 3.63) is 71.8 Å². The molecule has 0 radical (unpaired) electrons. The maximum Gasteiger partial charge on any atom is 0.0853 e. The third-order valence-electron chi connectivity index (χ3n) is 4.22. The van der Waals surface area contributed by atoms with Gasteiger partial charge in [0.1, 0.15) is 0 Å². The largest absolute Gasteiger partial charge is 0.393 e. The highest BCUT2D eigenvalue weighted by Crippen LogP contribution is 2.34. The summed E-state index contributed by atoms with van der Waals surface area (Å²) < 4.78 is 6.12. The first-order valence-corrected chi connectivity index (χ1v) is 7.84. The van der Waals surface area contributed by atoms with Crippen LogP contribution in [0.4, 0.5) is 0 Å². The van der Waals surface area contributed by atoms with Crippen LogP contribution in [0.3, 0.4) is 0 Å². The summed E-state index contributed by atoms with van der Waals surface area (Å²) in [5, 5.41) is 20.5. The minimum Gasteiger partial charge on any atom is -0.393 e. The van der Waals surface area contributed by atoms with Gasteiger partial charge in [0.25, 0.3) is 0 Å². The van der Waals surface area contributed by atoms with Gasteiger partial charge in [-0.2, -0.15) is 0 Å². The molecule has 0 saturated carbocycles. The summed E-state index contributed by atoms with van der Waals surface area (Å²) in [6, 6.07) is 19.6. The van der Waals surface area contributed by atoms with Crippen molar-refractivity contribution >= 4 is 0 Å². The average Bonchev–Trinajstić information content (AvgIpc) is 2.56. The van der Waals surface area contributed by atoms with E-state index in [1.807, 2.05) is 60.7 Å². The molecule has 0 aliphatic carbocycles. The van der Waals surface area contributed by atoms with Crippen molar-refractivity contribution in [1.82, 2.24) is 0 Å². The molecule has 2 aromatic rings. The fourth-order valence-corrected chi connectivity index (χ4v) is 3.08. The minimum absolute atomic E-state index is 0.0991. The highest BCUT2D eigenvalue weighted by molar-refractivity contribution is 5.19. The van der Waals surface area contributed by atoms with E-state index in [9.17, 15) is 10.2 Å². The van der Waals surface area contributed by atoms with Crippen molar-refractivity contribution in [2.24, 2.45) is 0 Å². The van der Waals surface area contributed by atoms with Crippen molar-refractivity contribution in [1.29, 1.82) is 0 Å². The van der Waals surface area contributed by atoms with Gasteiger partial charge in [-0.15, -0.1) is 0 Å². The molecule has 0 bridgehead atoms. The SMILES string of the molecule is OC(C[C@@H]1C[C@H](O)C[C@@H](c2ccccc2)O1)c1ccccc1. The molecule has 1 saturated heterocycles. The molecule has 2 aromatic carbocycles. The molecule has 3 rings (SSSR count). The summed E-state index contributed by atoms with van der Waals surface area (Å²) in [4.78, 5) is 0. The first-order chi connectivity index (χ1) is 10.7. The van der Waals surface area contributed by atoms with Crippen LogP contribution in [0, 0.1) is 0 Å². The predicted octanol–water partition coefficient (Wildman–Crippen LogP) is 3.39. The van der Waals surface area contributed by atoms with Gasteiger partial charge in [-0.1, -0.05) is 60.7 Å². The predicted molar refractivity (Wildman–Crippen MR) is 85.3 cm³/mol. The quantitative estimate of drug-likeness (QED) is 0.909. The highest BCUT2D eigenvalue weighted by atomic mass is 16.5. The van der Waals surface area contributed by atoms with E-state index in [1.165, 1.54) is 0 Å². The van der Waals surface area contributed by atoms with Gasteiger partial charge in [0.15, 0.2) is 0 Å². The normalized spacial score (nSPS) is 26.5. The second-order valence-electron chi connectivity index (χ2n) is 5.94. The molecule has 4 atom stereocenters. The summed E-state index contributed by atoms with van der Waals surface area (Å²) in [6.45, 7) is 0. The Kier molecular flexibility index (Phi) is 4.88. The van der Waals surface area contributed by atoms with E-state index >= 15 is 0 Å². The van der Waals surface area contributed by atoms with E-state index in [1.54, 1.807) is 0 Å². The number of aliphatic hydroxyl groups is 2. The van der Waals surface area contributed by atoms with E-state index < -0.39 is 6.10 Å². The van der Waals surface area contributed by atoms with Crippen LogP contribution in [0.25, 0.3) is 0 Å². The van der Waals surface area contributed by atoms with E-state index in [2.05, 4.69) is 0 Å². The van der Waals surface area contributed by atoms with Crippen LogP contribution in [-0.2, 0) is 4.74 Å². The molecule has 2 N–H and O–H groups in total. The summed E-state index contributed by atoms with van der Waals surface area (Å²) >= 11 is 0. The zero-order valence-corrected chi connectivity index (χ0v) is 12.5. The molecule has 3 heteroatoms. The minimum atomic E-state index is -0.562. The molecule has 0 amide bonds. The van der Waals surface area contributed by atoms with Crippen LogP contribution in [0.2, 0.25) is 0 Å². The van der Waals surface area contributed by atoms with E-state index in [-0.39, 0.29) is 18.3 Å². The van der Waals surface area contributed by atoms with Crippen molar-refractivity contribution in [3.8, 4) is 0 Å². The lowest BCUT2D eigenvalue weighted by molar-refractivity contribution is -0.111. The van der Waals surface area contributed by atoms with Crippen LogP contribution in [0.5, 0.6) is 0 Å². The topological polar surface area (TPSA) is 49.7 Å². The Balaban J connectivity index is 1.66. The van der Waals surface area contributed by atoms with E-state index in [0.29, 0.717) is 19.3 Å². The molecule has 116 valence electrons. The maximum atomic E-state index is 10.4. The number of hydrogen-bond acceptors (Lipinski definition) is 3. The number of rotatable bonds is 4. The Morgan fingerprint density at radius 2 is 1.59 bits per heavy atom. The van der Waals surface area contributed by atoms with Crippen LogP contribution >= 0.6 is 0 Å². The Morgan fingerprint density at radius 3 is 2.27 bits per heavy atom. The lowest BCUT2D eigenvalue weighted by atomic mass is 9.92. The maximum absolute atomic E-state index is 10.4. The molecule has 1 fully saturated rings. The van der Waals surface area contributed by atoms with Crippen LogP contribution in [-0.4, -0.2) is 22.4 Å². The molecular formula is C19H22O3. The zero-order valence-electron chi connectivity index (χ0n) is 12.5. The van der Waals surface area contributed by atoms with Crippen molar-refractivity contribution in [2.45, 2.75) is 43.7 Å². The number of ether oxygens (including phenoxy) is 1. The van der Waals surface area contributed by atoms with Gasteiger partial charge in [0.05, 0.1) is 24.4 Å². The third-order valence-corrected chi connectivity index (χ3v) is 4.22. The standard InChI is InChI=1S/C19H22O3/c20-16-11-17(13-18(21)14-7-3-1-4-8-14)22-19(12-16)15-9-5-2-6-10-15/h1-10,16-21H,11-13H2/t16-,17-,18?,19-/m0/s1. The Morgan fingerprint density at radius 1 is 0.955 bits per heavy atom. The molecular weight excluding hydrogens is 276 g/mol. The fraction of sp³-hybridized carbons (Fsp3) is 0.368. The summed E-state index contributed by atoms with van der Waals surface area (Å²) in [7, 11) is 0. The zero-order chi connectivity index (χ0) is 15.4. The molecule has 1 unspecified atom stereocenters. The lowest BCUT2D eigenvalue weighted by Crippen LogP contribution is -2.32. The van der Waals surface area contributed by atoms with Crippen LogP contribution in [0.1, 0.15) is 42.6 Å². The number of aliphatic hydroxyl groups excluding tert-OH is 2. The number of hydrogen-bond donors (Lipinski definition) is 2. The molecule has 22 heavy (non-hydrogen) atoms. The summed E-state index contributed by atoms with van der Waals surface area (Å²) in [5.74, 6) is 0. The smallest absolute Gasteiger partial charge is 0.0853 e. The van der Waals surface area contributed by atoms with Gasteiger partial charge in [0.2, 0.25) is 0 Å². The fourth-order valence-electron chi connectivity index (χ4n) is 3.08. The van der Waals surface area contributed by atoms with Crippen LogP contribution in [0.15, 0.2) is 60.7 Å².